The Bertz CT molecular complexity index is 671. The Labute approximate surface area is 163 Å². The van der Waals surface area contributed by atoms with E-state index in [9.17, 15) is 10.0 Å². The molecule has 0 radical (unpaired) electrons. The average molecular weight is 372 g/mol. The summed E-state index contributed by atoms with van der Waals surface area (Å²) in [5.41, 5.74) is 1.43. The zero-order chi connectivity index (χ0) is 20.2. The smallest absolute Gasteiger partial charge is 0.224 e. The van der Waals surface area contributed by atoms with E-state index >= 15 is 0 Å². The van der Waals surface area contributed by atoms with Crippen LogP contribution in [-0.4, -0.2) is 51.8 Å². The second-order valence-electron chi connectivity index (χ2n) is 8.98. The Morgan fingerprint density at radius 1 is 1.22 bits per heavy atom. The molecule has 1 amide bonds. The molecule has 0 spiro atoms. The maximum absolute atomic E-state index is 12.5. The minimum atomic E-state index is -0.369. The van der Waals surface area contributed by atoms with E-state index in [0.717, 1.165) is 24.9 Å². The van der Waals surface area contributed by atoms with Gasteiger partial charge in [0.05, 0.1) is 13.0 Å². The molecule has 0 aromatic heterocycles. The van der Waals surface area contributed by atoms with Crippen LogP contribution in [0.3, 0.4) is 0 Å². The van der Waals surface area contributed by atoms with Crippen LogP contribution in [0.15, 0.2) is 24.3 Å². The van der Waals surface area contributed by atoms with Crippen LogP contribution in [0.2, 0.25) is 0 Å². The third kappa shape index (κ3) is 5.80. The quantitative estimate of drug-likeness (QED) is 0.755. The van der Waals surface area contributed by atoms with Crippen LogP contribution in [0.1, 0.15) is 51.7 Å². The molecule has 1 aromatic carbocycles. The Hall–Kier alpha value is -1.87. The van der Waals surface area contributed by atoms with E-state index in [0.29, 0.717) is 13.0 Å². The first-order chi connectivity index (χ1) is 12.5. The van der Waals surface area contributed by atoms with E-state index in [2.05, 4.69) is 16.1 Å². The van der Waals surface area contributed by atoms with Crippen molar-refractivity contribution in [1.82, 2.24) is 15.3 Å². The molecule has 1 aliphatic heterocycles. The third-order valence-corrected chi connectivity index (χ3v) is 5.21. The lowest BCUT2D eigenvalue weighted by molar-refractivity contribution is -0.246. The minimum Gasteiger partial charge on any atom is -0.353 e. The summed E-state index contributed by atoms with van der Waals surface area (Å²) in [5, 5.41) is 15.0. The molecule has 2 N–H and O–H groups in total. The highest BCUT2D eigenvalue weighted by molar-refractivity contribution is 5.78. The highest BCUT2D eigenvalue weighted by atomic mass is 16.5. The number of amides is 1. The van der Waals surface area contributed by atoms with Crippen molar-refractivity contribution in [3.05, 3.63) is 35.4 Å². The summed E-state index contributed by atoms with van der Waals surface area (Å²) >= 11 is 0. The monoisotopic (exact) mass is 371 g/mol. The first kappa shape index (κ1) is 21.4. The molecule has 0 unspecified atom stereocenters. The van der Waals surface area contributed by atoms with Crippen LogP contribution < -0.4 is 5.32 Å². The summed E-state index contributed by atoms with van der Waals surface area (Å²) in [4.78, 5) is 14.6. The molecule has 0 aliphatic carbocycles. The van der Waals surface area contributed by atoms with E-state index in [1.807, 2.05) is 59.0 Å². The van der Waals surface area contributed by atoms with E-state index in [4.69, 9.17) is 6.42 Å². The van der Waals surface area contributed by atoms with Crippen molar-refractivity contribution in [2.24, 2.45) is 0 Å². The van der Waals surface area contributed by atoms with Gasteiger partial charge in [-0.3, -0.25) is 9.69 Å². The average Bonchev–Trinajstić information content (AvgIpc) is 2.54. The van der Waals surface area contributed by atoms with Gasteiger partial charge in [-0.05, 0) is 58.7 Å². The van der Waals surface area contributed by atoms with Crippen LogP contribution in [0.25, 0.3) is 0 Å². The molecule has 5 nitrogen and oxygen atoms in total. The second-order valence-corrected chi connectivity index (χ2v) is 8.98. The van der Waals surface area contributed by atoms with Gasteiger partial charge in [-0.25, -0.2) is 0 Å². The topological polar surface area (TPSA) is 55.8 Å². The number of carbonyl (C=O) groups excluding carboxylic acids is 1. The molecular weight excluding hydrogens is 338 g/mol. The molecule has 0 bridgehead atoms. The Morgan fingerprint density at radius 2 is 1.74 bits per heavy atom. The molecule has 1 fully saturated rings. The minimum absolute atomic E-state index is 0.0233. The molecule has 2 rings (SSSR count). The fourth-order valence-electron chi connectivity index (χ4n) is 4.12. The summed E-state index contributed by atoms with van der Waals surface area (Å²) in [6, 6.07) is 8.16. The van der Waals surface area contributed by atoms with Gasteiger partial charge >= 0.3 is 0 Å². The van der Waals surface area contributed by atoms with Gasteiger partial charge in [0.25, 0.3) is 0 Å². The predicted molar refractivity (Wildman–Crippen MR) is 108 cm³/mol. The predicted octanol–water partition coefficient (Wildman–Crippen LogP) is 2.82. The van der Waals surface area contributed by atoms with Crippen molar-refractivity contribution in [3.8, 4) is 12.3 Å². The number of rotatable bonds is 6. The van der Waals surface area contributed by atoms with E-state index in [1.165, 1.54) is 10.6 Å². The summed E-state index contributed by atoms with van der Waals surface area (Å²) in [6.45, 7) is 9.42. The van der Waals surface area contributed by atoms with Gasteiger partial charge in [-0.2, -0.15) is 5.06 Å². The summed E-state index contributed by atoms with van der Waals surface area (Å²) in [5.74, 6) is 2.66. The summed E-state index contributed by atoms with van der Waals surface area (Å²) in [7, 11) is 1.99. The number of piperidine rings is 1. The number of benzene rings is 1. The summed E-state index contributed by atoms with van der Waals surface area (Å²) < 4.78 is 0. The normalized spacial score (nSPS) is 19.6. The molecular formula is C22H33N3O2. The Kier molecular flexibility index (Phi) is 6.69. The highest BCUT2D eigenvalue weighted by Crippen LogP contribution is 2.36. The highest BCUT2D eigenvalue weighted by Gasteiger charge is 2.45. The standard InChI is InChI=1S/C22H33N3O2/c1-7-12-24(6)16-18-10-8-17(9-11-18)13-20(26)23-19-14-21(2,3)25(27)22(4,5)15-19/h1,8-11,19,27H,12-16H2,2-6H3,(H,23,26). The van der Waals surface area contributed by atoms with Gasteiger partial charge in [0.1, 0.15) is 0 Å². The lowest BCUT2D eigenvalue weighted by Crippen LogP contribution is -2.63. The zero-order valence-electron chi connectivity index (χ0n) is 17.2. The van der Waals surface area contributed by atoms with Crippen LogP contribution in [0.4, 0.5) is 0 Å². The maximum atomic E-state index is 12.5. The first-order valence-corrected chi connectivity index (χ1v) is 9.52. The molecule has 1 aromatic rings. The van der Waals surface area contributed by atoms with Crippen molar-refractivity contribution in [2.75, 3.05) is 13.6 Å². The lowest BCUT2D eigenvalue weighted by Gasteiger charge is -2.51. The molecule has 1 heterocycles. The first-order valence-electron chi connectivity index (χ1n) is 9.52. The number of nitrogens with zero attached hydrogens (tertiary/aromatic N) is 2. The van der Waals surface area contributed by atoms with Gasteiger partial charge in [-0.1, -0.05) is 30.2 Å². The van der Waals surface area contributed by atoms with Crippen LogP contribution in [-0.2, 0) is 17.8 Å². The second kappa shape index (κ2) is 8.43. The van der Waals surface area contributed by atoms with Crippen molar-refractivity contribution < 1.29 is 10.0 Å². The maximum Gasteiger partial charge on any atom is 0.224 e. The van der Waals surface area contributed by atoms with E-state index in [1.54, 1.807) is 0 Å². The lowest BCUT2D eigenvalue weighted by atomic mass is 9.79. The Balaban J connectivity index is 1.91. The molecule has 1 aliphatic rings. The molecule has 5 heteroatoms. The number of carbonyl (C=O) groups is 1. The van der Waals surface area contributed by atoms with Gasteiger partial charge in [0.15, 0.2) is 0 Å². The number of hydrogen-bond acceptors (Lipinski definition) is 4. The fourth-order valence-corrected chi connectivity index (χ4v) is 4.12. The molecule has 27 heavy (non-hydrogen) atoms. The van der Waals surface area contributed by atoms with Crippen molar-refractivity contribution in [3.63, 3.8) is 0 Å². The number of nitrogens with one attached hydrogen (secondary N) is 1. The largest absolute Gasteiger partial charge is 0.353 e. The molecule has 148 valence electrons. The van der Waals surface area contributed by atoms with Crippen LogP contribution in [0.5, 0.6) is 0 Å². The number of hydroxylamine groups is 2. The van der Waals surface area contributed by atoms with Gasteiger partial charge < -0.3 is 10.5 Å². The number of hydrogen-bond donors (Lipinski definition) is 2. The van der Waals surface area contributed by atoms with E-state index < -0.39 is 0 Å². The zero-order valence-corrected chi connectivity index (χ0v) is 17.2. The van der Waals surface area contributed by atoms with Crippen molar-refractivity contribution in [2.45, 2.75) is 70.6 Å². The molecule has 0 atom stereocenters. The molecule has 0 saturated carbocycles. The number of terminal acetylenes is 1. The third-order valence-electron chi connectivity index (χ3n) is 5.21. The summed E-state index contributed by atoms with van der Waals surface area (Å²) in [6.07, 6.45) is 7.13. The SMILES string of the molecule is C#CCN(C)Cc1ccc(CC(=O)NC2CC(C)(C)N(O)C(C)(C)C2)cc1. The van der Waals surface area contributed by atoms with Gasteiger partial charge in [0.2, 0.25) is 5.91 Å². The van der Waals surface area contributed by atoms with E-state index in [-0.39, 0.29) is 23.0 Å². The van der Waals surface area contributed by atoms with Crippen molar-refractivity contribution >= 4 is 5.91 Å². The van der Waals surface area contributed by atoms with Gasteiger partial charge in [-0.15, -0.1) is 6.42 Å². The Morgan fingerprint density at radius 3 is 2.26 bits per heavy atom. The van der Waals surface area contributed by atoms with Crippen LogP contribution >= 0.6 is 0 Å². The fraction of sp³-hybridized carbons (Fsp3) is 0.591. The van der Waals surface area contributed by atoms with Crippen molar-refractivity contribution in [1.29, 1.82) is 0 Å². The molecule has 1 saturated heterocycles. The van der Waals surface area contributed by atoms with Gasteiger partial charge in [0, 0.05) is 23.7 Å². The van der Waals surface area contributed by atoms with Crippen LogP contribution in [0, 0.1) is 12.3 Å².